The molecule has 1 spiro atoms. The van der Waals surface area contributed by atoms with Gasteiger partial charge in [0.15, 0.2) is 0 Å². The third kappa shape index (κ3) is 1.75. The van der Waals surface area contributed by atoms with Crippen LogP contribution in [0.2, 0.25) is 0 Å². The molecule has 13 heavy (non-hydrogen) atoms. The van der Waals surface area contributed by atoms with Crippen LogP contribution in [0, 0.1) is 11.3 Å². The lowest BCUT2D eigenvalue weighted by atomic mass is 9.83. The fourth-order valence-electron chi connectivity index (χ4n) is 2.98. The van der Waals surface area contributed by atoms with Crippen LogP contribution in [0.5, 0.6) is 0 Å². The van der Waals surface area contributed by atoms with Crippen LogP contribution in [0.4, 0.5) is 0 Å². The fourth-order valence-corrected chi connectivity index (χ4v) is 2.98. The standard InChI is InChI=1S/C11H21NO/c1-12-8-9-7-11(9)5-3-10(13-2)4-6-11/h9-10,12H,3-8H2,1-2H3. The molecule has 76 valence electrons. The normalized spacial score (nSPS) is 43.8. The van der Waals surface area contributed by atoms with Crippen LogP contribution in [0.25, 0.3) is 0 Å². The molecule has 0 aromatic rings. The molecule has 2 fully saturated rings. The van der Waals surface area contributed by atoms with E-state index < -0.39 is 0 Å². The largest absolute Gasteiger partial charge is 0.381 e. The molecule has 2 aliphatic carbocycles. The maximum Gasteiger partial charge on any atom is 0.0571 e. The summed E-state index contributed by atoms with van der Waals surface area (Å²) >= 11 is 0. The topological polar surface area (TPSA) is 21.3 Å². The molecule has 0 bridgehead atoms. The first-order valence-corrected chi connectivity index (χ1v) is 5.48. The summed E-state index contributed by atoms with van der Waals surface area (Å²) in [4.78, 5) is 0. The molecule has 0 aromatic heterocycles. The van der Waals surface area contributed by atoms with Gasteiger partial charge in [0, 0.05) is 7.11 Å². The predicted octanol–water partition coefficient (Wildman–Crippen LogP) is 1.80. The summed E-state index contributed by atoms with van der Waals surface area (Å²) in [5, 5.41) is 3.30. The molecular weight excluding hydrogens is 162 g/mol. The van der Waals surface area contributed by atoms with Gasteiger partial charge in [-0.2, -0.15) is 0 Å². The van der Waals surface area contributed by atoms with Crippen LogP contribution in [0.15, 0.2) is 0 Å². The Morgan fingerprint density at radius 3 is 2.62 bits per heavy atom. The lowest BCUT2D eigenvalue weighted by Gasteiger charge is -2.28. The van der Waals surface area contributed by atoms with E-state index in [0.717, 1.165) is 11.3 Å². The predicted molar refractivity (Wildman–Crippen MR) is 53.7 cm³/mol. The van der Waals surface area contributed by atoms with Gasteiger partial charge in [-0.1, -0.05) is 0 Å². The lowest BCUT2D eigenvalue weighted by molar-refractivity contribution is 0.0493. The molecule has 1 unspecified atom stereocenters. The van der Waals surface area contributed by atoms with E-state index in [1.807, 2.05) is 7.11 Å². The summed E-state index contributed by atoms with van der Waals surface area (Å²) in [5.41, 5.74) is 0.734. The van der Waals surface area contributed by atoms with Crippen molar-refractivity contribution in [2.75, 3.05) is 20.7 Å². The van der Waals surface area contributed by atoms with Gasteiger partial charge in [-0.05, 0) is 57.0 Å². The number of rotatable bonds is 3. The highest BCUT2D eigenvalue weighted by Crippen LogP contribution is 2.61. The molecule has 2 heteroatoms. The highest BCUT2D eigenvalue weighted by molar-refractivity contribution is 5.05. The summed E-state index contributed by atoms with van der Waals surface area (Å²) in [6.07, 6.45) is 7.40. The van der Waals surface area contributed by atoms with Crippen molar-refractivity contribution in [3.8, 4) is 0 Å². The zero-order valence-corrected chi connectivity index (χ0v) is 8.81. The highest BCUT2D eigenvalue weighted by Gasteiger charge is 2.54. The maximum atomic E-state index is 5.39. The SMILES string of the molecule is CNCC1CC12CCC(OC)CC2. The van der Waals surface area contributed by atoms with Gasteiger partial charge in [0.25, 0.3) is 0 Å². The van der Waals surface area contributed by atoms with Crippen molar-refractivity contribution in [3.05, 3.63) is 0 Å². The quantitative estimate of drug-likeness (QED) is 0.720. The molecule has 0 radical (unpaired) electrons. The lowest BCUT2D eigenvalue weighted by Crippen LogP contribution is -2.24. The van der Waals surface area contributed by atoms with Crippen LogP contribution in [0.3, 0.4) is 0 Å². The minimum Gasteiger partial charge on any atom is -0.381 e. The van der Waals surface area contributed by atoms with E-state index in [0.29, 0.717) is 6.10 Å². The van der Waals surface area contributed by atoms with Gasteiger partial charge in [-0.15, -0.1) is 0 Å². The monoisotopic (exact) mass is 183 g/mol. The van der Waals surface area contributed by atoms with Gasteiger partial charge in [0.1, 0.15) is 0 Å². The minimum atomic E-state index is 0.557. The Kier molecular flexibility index (Phi) is 2.61. The van der Waals surface area contributed by atoms with E-state index in [4.69, 9.17) is 4.74 Å². The molecule has 1 atom stereocenters. The van der Waals surface area contributed by atoms with Crippen molar-refractivity contribution < 1.29 is 4.74 Å². The van der Waals surface area contributed by atoms with Gasteiger partial charge in [0.05, 0.1) is 6.10 Å². The van der Waals surface area contributed by atoms with Crippen molar-refractivity contribution in [1.29, 1.82) is 0 Å². The van der Waals surface area contributed by atoms with Crippen LogP contribution in [0.1, 0.15) is 32.1 Å². The van der Waals surface area contributed by atoms with E-state index in [2.05, 4.69) is 12.4 Å². The molecular formula is C11H21NO. The second-order valence-electron chi connectivity index (χ2n) is 4.76. The number of hydrogen-bond donors (Lipinski definition) is 1. The summed E-state index contributed by atoms with van der Waals surface area (Å²) in [6, 6.07) is 0. The summed E-state index contributed by atoms with van der Waals surface area (Å²) in [5.74, 6) is 0.968. The van der Waals surface area contributed by atoms with Crippen molar-refractivity contribution >= 4 is 0 Å². The molecule has 0 heterocycles. The first-order valence-electron chi connectivity index (χ1n) is 5.48. The first kappa shape index (κ1) is 9.47. The Labute approximate surface area is 81.0 Å². The van der Waals surface area contributed by atoms with Crippen LogP contribution in [-0.4, -0.2) is 26.8 Å². The molecule has 2 nitrogen and oxygen atoms in total. The Balaban J connectivity index is 1.79. The highest BCUT2D eigenvalue weighted by atomic mass is 16.5. The summed E-state index contributed by atoms with van der Waals surface area (Å²) in [6.45, 7) is 1.22. The smallest absolute Gasteiger partial charge is 0.0571 e. The molecule has 2 rings (SSSR count). The summed E-state index contributed by atoms with van der Waals surface area (Å²) in [7, 11) is 3.91. The zero-order valence-electron chi connectivity index (χ0n) is 8.81. The molecule has 0 amide bonds. The van der Waals surface area contributed by atoms with Gasteiger partial charge in [-0.3, -0.25) is 0 Å². The second-order valence-corrected chi connectivity index (χ2v) is 4.76. The van der Waals surface area contributed by atoms with Crippen molar-refractivity contribution in [2.45, 2.75) is 38.2 Å². The zero-order chi connectivity index (χ0) is 9.31. The van der Waals surface area contributed by atoms with Gasteiger partial charge >= 0.3 is 0 Å². The van der Waals surface area contributed by atoms with E-state index in [1.54, 1.807) is 0 Å². The van der Waals surface area contributed by atoms with Crippen molar-refractivity contribution in [1.82, 2.24) is 5.32 Å². The molecule has 2 aliphatic rings. The number of hydrogen-bond acceptors (Lipinski definition) is 2. The van der Waals surface area contributed by atoms with E-state index in [1.165, 1.54) is 38.6 Å². The molecule has 0 aliphatic heterocycles. The molecule has 0 aromatic carbocycles. The Morgan fingerprint density at radius 2 is 2.08 bits per heavy atom. The minimum absolute atomic E-state index is 0.557. The first-order chi connectivity index (χ1) is 6.30. The maximum absolute atomic E-state index is 5.39. The number of ether oxygens (including phenoxy) is 1. The molecule has 2 saturated carbocycles. The Bertz CT molecular complexity index is 173. The second kappa shape index (κ2) is 3.58. The van der Waals surface area contributed by atoms with E-state index in [9.17, 15) is 0 Å². The third-order valence-electron chi connectivity index (χ3n) is 4.07. The number of methoxy groups -OCH3 is 1. The molecule has 0 saturated heterocycles. The third-order valence-corrected chi connectivity index (χ3v) is 4.07. The average Bonchev–Trinajstić information content (AvgIpc) is 2.81. The van der Waals surface area contributed by atoms with Crippen molar-refractivity contribution in [3.63, 3.8) is 0 Å². The summed E-state index contributed by atoms with van der Waals surface area (Å²) < 4.78 is 5.39. The van der Waals surface area contributed by atoms with E-state index >= 15 is 0 Å². The Morgan fingerprint density at radius 1 is 1.38 bits per heavy atom. The van der Waals surface area contributed by atoms with E-state index in [-0.39, 0.29) is 0 Å². The van der Waals surface area contributed by atoms with Crippen LogP contribution < -0.4 is 5.32 Å². The average molecular weight is 183 g/mol. The number of nitrogens with one attached hydrogen (secondary N) is 1. The van der Waals surface area contributed by atoms with Crippen molar-refractivity contribution in [2.24, 2.45) is 11.3 Å². The molecule has 1 N–H and O–H groups in total. The fraction of sp³-hybridized carbons (Fsp3) is 1.00. The van der Waals surface area contributed by atoms with Gasteiger partial charge in [0.2, 0.25) is 0 Å². The van der Waals surface area contributed by atoms with Crippen LogP contribution >= 0.6 is 0 Å². The van der Waals surface area contributed by atoms with Gasteiger partial charge < -0.3 is 10.1 Å². The van der Waals surface area contributed by atoms with Gasteiger partial charge in [-0.25, -0.2) is 0 Å². The Hall–Kier alpha value is -0.0800. The van der Waals surface area contributed by atoms with Crippen LogP contribution in [-0.2, 0) is 4.74 Å².